The zero-order chi connectivity index (χ0) is 17.6. The number of hydrogen-bond donors (Lipinski definition) is 2. The number of aromatic nitrogens is 1. The molecule has 1 aliphatic carbocycles. The van der Waals surface area contributed by atoms with Crippen molar-refractivity contribution in [2.24, 2.45) is 5.92 Å². The van der Waals surface area contributed by atoms with Gasteiger partial charge in [-0.25, -0.2) is 4.98 Å². The van der Waals surface area contributed by atoms with E-state index in [9.17, 15) is 9.59 Å². The van der Waals surface area contributed by atoms with Crippen molar-refractivity contribution in [3.63, 3.8) is 0 Å². The minimum atomic E-state index is -0.0705. The van der Waals surface area contributed by atoms with E-state index >= 15 is 0 Å². The van der Waals surface area contributed by atoms with Gasteiger partial charge < -0.3 is 15.4 Å². The zero-order valence-corrected chi connectivity index (χ0v) is 14.9. The number of thiazole rings is 1. The fourth-order valence-electron chi connectivity index (χ4n) is 2.36. The zero-order valence-electron chi connectivity index (χ0n) is 14.1. The molecule has 0 bridgehead atoms. The highest BCUT2D eigenvalue weighted by atomic mass is 32.1. The molecule has 0 aliphatic heterocycles. The number of methoxy groups -OCH3 is 1. The van der Waals surface area contributed by atoms with Gasteiger partial charge in [0.1, 0.15) is 5.75 Å². The van der Waals surface area contributed by atoms with Crippen molar-refractivity contribution in [3.05, 3.63) is 40.9 Å². The van der Waals surface area contributed by atoms with Gasteiger partial charge in [0.25, 0.3) is 0 Å². The summed E-state index contributed by atoms with van der Waals surface area (Å²) in [5.74, 6) is 0.929. The lowest BCUT2D eigenvalue weighted by molar-refractivity contribution is -0.120. The molecule has 0 atom stereocenters. The summed E-state index contributed by atoms with van der Waals surface area (Å²) < 4.78 is 5.12. The smallest absolute Gasteiger partial charge is 0.229 e. The number of anilines is 1. The monoisotopic (exact) mass is 359 g/mol. The van der Waals surface area contributed by atoms with Crippen molar-refractivity contribution in [1.29, 1.82) is 0 Å². The van der Waals surface area contributed by atoms with E-state index in [1.807, 2.05) is 29.6 Å². The molecule has 0 saturated heterocycles. The number of nitrogens with zero attached hydrogens (tertiary/aromatic N) is 1. The molecule has 7 heteroatoms. The quantitative estimate of drug-likeness (QED) is 0.758. The Labute approximate surface area is 150 Å². The molecule has 132 valence electrons. The molecule has 0 unspecified atom stereocenters. The van der Waals surface area contributed by atoms with Gasteiger partial charge in [-0.15, -0.1) is 11.3 Å². The van der Waals surface area contributed by atoms with Gasteiger partial charge in [-0.3, -0.25) is 9.59 Å². The van der Waals surface area contributed by atoms with Crippen molar-refractivity contribution >= 4 is 28.3 Å². The minimum Gasteiger partial charge on any atom is -0.497 e. The molecule has 1 aromatic heterocycles. The maximum absolute atomic E-state index is 12.0. The maximum atomic E-state index is 12.0. The first-order chi connectivity index (χ1) is 12.1. The molecule has 1 saturated carbocycles. The van der Waals surface area contributed by atoms with Gasteiger partial charge in [-0.1, -0.05) is 12.1 Å². The van der Waals surface area contributed by atoms with Crippen LogP contribution in [0.3, 0.4) is 0 Å². The SMILES string of the molecule is COc1ccc(CCNC(=O)Cc2csc(NC(=O)C3CC3)n2)cc1. The third kappa shape index (κ3) is 5.29. The number of benzene rings is 1. The van der Waals surface area contributed by atoms with E-state index in [0.717, 1.165) is 30.6 Å². The summed E-state index contributed by atoms with van der Waals surface area (Å²) >= 11 is 1.35. The van der Waals surface area contributed by atoms with Crippen LogP contribution >= 0.6 is 11.3 Å². The number of hydrogen-bond acceptors (Lipinski definition) is 5. The molecule has 2 aromatic rings. The second-order valence-electron chi connectivity index (χ2n) is 6.03. The van der Waals surface area contributed by atoms with Crippen LogP contribution in [0, 0.1) is 5.92 Å². The van der Waals surface area contributed by atoms with E-state index in [1.54, 1.807) is 7.11 Å². The molecule has 2 amide bonds. The Bertz CT molecular complexity index is 738. The molecule has 2 N–H and O–H groups in total. The molecule has 3 rings (SSSR count). The first-order valence-electron chi connectivity index (χ1n) is 8.29. The molecule has 1 heterocycles. The predicted molar refractivity (Wildman–Crippen MR) is 96.9 cm³/mol. The third-order valence-electron chi connectivity index (χ3n) is 3.97. The van der Waals surface area contributed by atoms with Crippen LogP contribution in [0.25, 0.3) is 0 Å². The third-order valence-corrected chi connectivity index (χ3v) is 4.77. The van der Waals surface area contributed by atoms with Crippen LogP contribution in [0.15, 0.2) is 29.6 Å². The second kappa shape index (κ2) is 8.11. The Morgan fingerprint density at radius 3 is 2.72 bits per heavy atom. The summed E-state index contributed by atoms with van der Waals surface area (Å²) in [5, 5.41) is 8.07. The van der Waals surface area contributed by atoms with E-state index in [4.69, 9.17) is 4.74 Å². The first-order valence-corrected chi connectivity index (χ1v) is 9.17. The van der Waals surface area contributed by atoms with E-state index in [0.29, 0.717) is 17.4 Å². The summed E-state index contributed by atoms with van der Waals surface area (Å²) in [6.07, 6.45) is 2.90. The fraction of sp³-hybridized carbons (Fsp3) is 0.389. The molecule has 0 spiro atoms. The summed E-state index contributed by atoms with van der Waals surface area (Å²) in [4.78, 5) is 28.0. The van der Waals surface area contributed by atoms with Gasteiger partial charge in [0.15, 0.2) is 5.13 Å². The van der Waals surface area contributed by atoms with Gasteiger partial charge in [-0.2, -0.15) is 0 Å². The van der Waals surface area contributed by atoms with Crippen LogP contribution in [0.2, 0.25) is 0 Å². The molecule has 6 nitrogen and oxygen atoms in total. The Kier molecular flexibility index (Phi) is 5.65. The van der Waals surface area contributed by atoms with Gasteiger partial charge in [0.2, 0.25) is 11.8 Å². The normalized spacial score (nSPS) is 13.3. The number of rotatable bonds is 8. The van der Waals surface area contributed by atoms with Crippen LogP contribution in [-0.2, 0) is 22.4 Å². The highest BCUT2D eigenvalue weighted by Gasteiger charge is 2.30. The standard InChI is InChI=1S/C18H21N3O3S/c1-24-15-6-2-12(3-7-15)8-9-19-16(22)10-14-11-25-18(20-14)21-17(23)13-4-5-13/h2-3,6-7,11,13H,4-5,8-10H2,1H3,(H,19,22)(H,20,21,23). The molecule has 1 aromatic carbocycles. The highest BCUT2D eigenvalue weighted by Crippen LogP contribution is 2.30. The topological polar surface area (TPSA) is 80.3 Å². The molecule has 1 aliphatic rings. The number of carbonyl (C=O) groups excluding carboxylic acids is 2. The van der Waals surface area contributed by atoms with Crippen LogP contribution in [-0.4, -0.2) is 30.5 Å². The van der Waals surface area contributed by atoms with Gasteiger partial charge in [0.05, 0.1) is 19.2 Å². The fourth-order valence-corrected chi connectivity index (χ4v) is 3.08. The first kappa shape index (κ1) is 17.4. The Morgan fingerprint density at radius 1 is 1.28 bits per heavy atom. The number of amides is 2. The van der Waals surface area contributed by atoms with E-state index in [2.05, 4.69) is 15.6 Å². The lowest BCUT2D eigenvalue weighted by Gasteiger charge is -2.05. The second-order valence-corrected chi connectivity index (χ2v) is 6.89. The predicted octanol–water partition coefficient (Wildman–Crippen LogP) is 2.40. The number of nitrogens with one attached hydrogen (secondary N) is 2. The largest absolute Gasteiger partial charge is 0.497 e. The molecule has 0 radical (unpaired) electrons. The van der Waals surface area contributed by atoms with Crippen molar-refractivity contribution in [3.8, 4) is 5.75 Å². The van der Waals surface area contributed by atoms with Crippen molar-refractivity contribution < 1.29 is 14.3 Å². The van der Waals surface area contributed by atoms with Crippen molar-refractivity contribution in [2.45, 2.75) is 25.7 Å². The van der Waals surface area contributed by atoms with E-state index in [-0.39, 0.29) is 24.2 Å². The number of carbonyl (C=O) groups is 2. The molecular formula is C18H21N3O3S. The summed E-state index contributed by atoms with van der Waals surface area (Å²) in [5.41, 5.74) is 1.82. The lowest BCUT2D eigenvalue weighted by Crippen LogP contribution is -2.27. The van der Waals surface area contributed by atoms with Crippen molar-refractivity contribution in [1.82, 2.24) is 10.3 Å². The van der Waals surface area contributed by atoms with E-state index in [1.165, 1.54) is 11.3 Å². The van der Waals surface area contributed by atoms with Crippen LogP contribution in [0.1, 0.15) is 24.1 Å². The Morgan fingerprint density at radius 2 is 2.04 bits per heavy atom. The summed E-state index contributed by atoms with van der Waals surface area (Å²) in [6.45, 7) is 0.570. The molecular weight excluding hydrogens is 338 g/mol. The molecule has 25 heavy (non-hydrogen) atoms. The number of ether oxygens (including phenoxy) is 1. The van der Waals surface area contributed by atoms with Crippen LogP contribution in [0.4, 0.5) is 5.13 Å². The molecule has 1 fully saturated rings. The Balaban J connectivity index is 1.39. The van der Waals surface area contributed by atoms with Gasteiger partial charge >= 0.3 is 0 Å². The highest BCUT2D eigenvalue weighted by molar-refractivity contribution is 7.13. The summed E-state index contributed by atoms with van der Waals surface area (Å²) in [7, 11) is 1.64. The van der Waals surface area contributed by atoms with Crippen molar-refractivity contribution in [2.75, 3.05) is 19.0 Å². The van der Waals surface area contributed by atoms with Crippen LogP contribution < -0.4 is 15.4 Å². The van der Waals surface area contributed by atoms with Crippen LogP contribution in [0.5, 0.6) is 5.75 Å². The lowest BCUT2D eigenvalue weighted by atomic mass is 10.1. The maximum Gasteiger partial charge on any atom is 0.229 e. The van der Waals surface area contributed by atoms with Gasteiger partial charge in [-0.05, 0) is 37.0 Å². The summed E-state index contributed by atoms with van der Waals surface area (Å²) in [6, 6.07) is 7.79. The average Bonchev–Trinajstić information content (AvgIpc) is 3.38. The average molecular weight is 359 g/mol. The minimum absolute atomic E-state index is 0.0323. The van der Waals surface area contributed by atoms with E-state index < -0.39 is 0 Å². The Hall–Kier alpha value is -2.41. The van der Waals surface area contributed by atoms with Gasteiger partial charge in [0, 0.05) is 17.8 Å².